The van der Waals surface area contributed by atoms with Gasteiger partial charge in [0.05, 0.1) is 11.9 Å². The quantitative estimate of drug-likeness (QED) is 0.569. The molecule has 2 aromatic heterocycles. The molecule has 4 aromatic rings. The first-order chi connectivity index (χ1) is 10.8. The lowest BCUT2D eigenvalue weighted by molar-refractivity contribution is 0.628. The Balaban J connectivity index is 1.82. The van der Waals surface area contributed by atoms with Crippen LogP contribution in [-0.2, 0) is 0 Å². The van der Waals surface area contributed by atoms with Gasteiger partial charge < -0.3 is 0 Å². The van der Waals surface area contributed by atoms with Gasteiger partial charge in [-0.25, -0.2) is 9.37 Å². The predicted molar refractivity (Wildman–Crippen MR) is 79.4 cm³/mol. The van der Waals surface area contributed by atoms with Gasteiger partial charge in [0.15, 0.2) is 5.82 Å². The first kappa shape index (κ1) is 12.6. The van der Waals surface area contributed by atoms with Crippen LogP contribution in [0.25, 0.3) is 28.4 Å². The normalized spacial score (nSPS) is 11.0. The molecule has 4 rings (SSSR count). The SMILES string of the molecule is Fc1ccc(-c2nnc3nc(-c4ccccc4)cnn23)cc1. The second-order valence-electron chi connectivity index (χ2n) is 4.75. The number of aromatic nitrogens is 5. The molecular formula is C16H10FN5. The van der Waals surface area contributed by atoms with Crippen molar-refractivity contribution in [1.29, 1.82) is 0 Å². The zero-order chi connectivity index (χ0) is 14.9. The summed E-state index contributed by atoms with van der Waals surface area (Å²) in [5.74, 6) is 0.637. The molecule has 0 unspecified atom stereocenters. The van der Waals surface area contributed by atoms with E-state index < -0.39 is 0 Å². The highest BCUT2D eigenvalue weighted by atomic mass is 19.1. The van der Waals surface area contributed by atoms with E-state index in [4.69, 9.17) is 0 Å². The fourth-order valence-electron chi connectivity index (χ4n) is 2.22. The summed E-state index contributed by atoms with van der Waals surface area (Å²) in [4.78, 5) is 4.46. The Hall–Kier alpha value is -3.15. The summed E-state index contributed by atoms with van der Waals surface area (Å²) in [7, 11) is 0. The van der Waals surface area contributed by atoms with E-state index in [-0.39, 0.29) is 5.82 Å². The molecule has 5 nitrogen and oxygen atoms in total. The van der Waals surface area contributed by atoms with E-state index in [1.807, 2.05) is 30.3 Å². The fraction of sp³-hybridized carbons (Fsp3) is 0. The Morgan fingerprint density at radius 1 is 0.818 bits per heavy atom. The molecule has 106 valence electrons. The molecule has 0 N–H and O–H groups in total. The van der Waals surface area contributed by atoms with Gasteiger partial charge >= 0.3 is 0 Å². The minimum atomic E-state index is -0.296. The topological polar surface area (TPSA) is 56.0 Å². The molecule has 0 fully saturated rings. The number of benzene rings is 2. The molecule has 6 heteroatoms. The summed E-state index contributed by atoms with van der Waals surface area (Å²) in [5, 5.41) is 12.5. The van der Waals surface area contributed by atoms with Crippen molar-refractivity contribution in [2.45, 2.75) is 0 Å². The molecule has 2 heterocycles. The molecule has 0 bridgehead atoms. The Bertz CT molecular complexity index is 932. The zero-order valence-corrected chi connectivity index (χ0v) is 11.4. The minimum Gasteiger partial charge on any atom is -0.208 e. The Morgan fingerprint density at radius 2 is 1.59 bits per heavy atom. The molecule has 2 aromatic carbocycles. The summed E-state index contributed by atoms with van der Waals surface area (Å²) in [6.07, 6.45) is 1.67. The van der Waals surface area contributed by atoms with Gasteiger partial charge in [0.2, 0.25) is 0 Å². The maximum atomic E-state index is 13.0. The molecule has 0 aliphatic heterocycles. The van der Waals surface area contributed by atoms with Gasteiger partial charge in [-0.2, -0.15) is 9.61 Å². The Kier molecular flexibility index (Phi) is 2.86. The summed E-state index contributed by atoms with van der Waals surface area (Å²) >= 11 is 0. The molecule has 0 aliphatic carbocycles. The fourth-order valence-corrected chi connectivity index (χ4v) is 2.22. The largest absolute Gasteiger partial charge is 0.272 e. The minimum absolute atomic E-state index is 0.296. The van der Waals surface area contributed by atoms with Crippen LogP contribution in [-0.4, -0.2) is 24.8 Å². The number of hydrogen-bond acceptors (Lipinski definition) is 4. The highest BCUT2D eigenvalue weighted by molar-refractivity contribution is 5.61. The van der Waals surface area contributed by atoms with E-state index >= 15 is 0 Å². The van der Waals surface area contributed by atoms with Crippen molar-refractivity contribution in [3.63, 3.8) is 0 Å². The van der Waals surface area contributed by atoms with Gasteiger partial charge in [-0.3, -0.25) is 0 Å². The van der Waals surface area contributed by atoms with Crippen LogP contribution in [0.15, 0.2) is 60.8 Å². The third-order valence-electron chi connectivity index (χ3n) is 3.31. The standard InChI is InChI=1S/C16H10FN5/c17-13-8-6-12(7-9-13)15-20-21-16-19-14(10-18-22(15)16)11-4-2-1-3-5-11/h1-10H. The molecule has 0 aliphatic rings. The second-order valence-corrected chi connectivity index (χ2v) is 4.75. The van der Waals surface area contributed by atoms with E-state index in [0.717, 1.165) is 16.8 Å². The lowest BCUT2D eigenvalue weighted by Gasteiger charge is -2.01. The summed E-state index contributed by atoms with van der Waals surface area (Å²) in [6.45, 7) is 0. The van der Waals surface area contributed by atoms with Crippen molar-refractivity contribution >= 4 is 5.78 Å². The van der Waals surface area contributed by atoms with Crippen molar-refractivity contribution in [3.05, 3.63) is 66.6 Å². The van der Waals surface area contributed by atoms with Crippen LogP contribution in [0.2, 0.25) is 0 Å². The van der Waals surface area contributed by atoms with Crippen molar-refractivity contribution in [1.82, 2.24) is 24.8 Å². The average molecular weight is 291 g/mol. The number of rotatable bonds is 2. The van der Waals surface area contributed by atoms with Crippen LogP contribution in [0.5, 0.6) is 0 Å². The van der Waals surface area contributed by atoms with E-state index in [1.165, 1.54) is 12.1 Å². The van der Waals surface area contributed by atoms with Gasteiger partial charge in [-0.05, 0) is 24.3 Å². The molecular weight excluding hydrogens is 281 g/mol. The van der Waals surface area contributed by atoms with Gasteiger partial charge in [0, 0.05) is 11.1 Å². The number of fused-ring (bicyclic) bond motifs is 1. The van der Waals surface area contributed by atoms with E-state index in [2.05, 4.69) is 20.3 Å². The van der Waals surface area contributed by atoms with E-state index in [0.29, 0.717) is 11.6 Å². The van der Waals surface area contributed by atoms with Crippen molar-refractivity contribution < 1.29 is 4.39 Å². The van der Waals surface area contributed by atoms with E-state index in [9.17, 15) is 4.39 Å². The summed E-state index contributed by atoms with van der Waals surface area (Å²) in [5.41, 5.74) is 2.42. The molecule has 0 spiro atoms. The van der Waals surface area contributed by atoms with Gasteiger partial charge in [-0.1, -0.05) is 30.3 Å². The van der Waals surface area contributed by atoms with Gasteiger partial charge in [0.1, 0.15) is 5.82 Å². The molecule has 0 saturated carbocycles. The third kappa shape index (κ3) is 2.10. The number of nitrogens with zero attached hydrogens (tertiary/aromatic N) is 5. The van der Waals surface area contributed by atoms with Crippen LogP contribution in [0.1, 0.15) is 0 Å². The predicted octanol–water partition coefficient (Wildman–Crippen LogP) is 2.99. The number of hydrogen-bond donors (Lipinski definition) is 0. The lowest BCUT2D eigenvalue weighted by atomic mass is 10.2. The molecule has 22 heavy (non-hydrogen) atoms. The first-order valence-electron chi connectivity index (χ1n) is 6.71. The third-order valence-corrected chi connectivity index (χ3v) is 3.31. The van der Waals surface area contributed by atoms with Crippen LogP contribution in [0.4, 0.5) is 4.39 Å². The molecule has 0 saturated heterocycles. The second kappa shape index (κ2) is 5.00. The van der Waals surface area contributed by atoms with Crippen LogP contribution in [0, 0.1) is 5.82 Å². The van der Waals surface area contributed by atoms with Crippen molar-refractivity contribution in [2.75, 3.05) is 0 Å². The first-order valence-corrected chi connectivity index (χ1v) is 6.71. The molecule has 0 amide bonds. The van der Waals surface area contributed by atoms with E-state index in [1.54, 1.807) is 22.8 Å². The van der Waals surface area contributed by atoms with Crippen LogP contribution >= 0.6 is 0 Å². The monoisotopic (exact) mass is 291 g/mol. The molecule has 0 radical (unpaired) electrons. The average Bonchev–Trinajstić information content (AvgIpc) is 2.99. The number of halogens is 1. The maximum Gasteiger partial charge on any atom is 0.272 e. The van der Waals surface area contributed by atoms with Crippen molar-refractivity contribution in [3.8, 4) is 22.6 Å². The van der Waals surface area contributed by atoms with Gasteiger partial charge in [0.25, 0.3) is 5.78 Å². The van der Waals surface area contributed by atoms with Crippen LogP contribution in [0.3, 0.4) is 0 Å². The Labute approximate surface area is 125 Å². The smallest absolute Gasteiger partial charge is 0.208 e. The van der Waals surface area contributed by atoms with Crippen LogP contribution < -0.4 is 0 Å². The Morgan fingerprint density at radius 3 is 2.36 bits per heavy atom. The summed E-state index contributed by atoms with van der Waals surface area (Å²) in [6, 6.07) is 15.8. The molecule has 0 atom stereocenters. The zero-order valence-electron chi connectivity index (χ0n) is 11.4. The lowest BCUT2D eigenvalue weighted by Crippen LogP contribution is -1.98. The van der Waals surface area contributed by atoms with Crippen molar-refractivity contribution in [2.24, 2.45) is 0 Å². The maximum absolute atomic E-state index is 13.0. The van der Waals surface area contributed by atoms with Gasteiger partial charge in [-0.15, -0.1) is 10.2 Å². The highest BCUT2D eigenvalue weighted by Crippen LogP contribution is 2.19. The summed E-state index contributed by atoms with van der Waals surface area (Å²) < 4.78 is 14.6. The highest BCUT2D eigenvalue weighted by Gasteiger charge is 2.11.